The molecule has 0 saturated carbocycles. The molecule has 4 aromatic rings. The van der Waals surface area contributed by atoms with Crippen LogP contribution in [0.1, 0.15) is 106 Å². The number of hydrogen-bond acceptors (Lipinski definition) is 11. The predicted molar refractivity (Wildman–Crippen MR) is 281 cm³/mol. The number of carboxylic acid groups (broad SMARTS) is 1. The maximum Gasteiger partial charge on any atom is 0.407 e. The molecule has 1 heterocycles. The van der Waals surface area contributed by atoms with Crippen molar-refractivity contribution in [2.75, 3.05) is 19.8 Å². The Bertz CT molecular complexity index is 2840. The lowest BCUT2D eigenvalue weighted by Gasteiger charge is -2.29. The standard InChI is InChI=1S/C55H71N7O11S/c1-31(2)45(50(65)59-44(30-72-54(6,7)8)49(64)58-43(51(66)67)27-35-19-12-11-13-20-35)61-48(63)42(60-53(68)71-29-41-38-23-16-14-21-36(38)37-22-15-17-24-39(37)41)25-18-26-57-52(56)62-74(69,70)47-33(4)32(3)46-40(34(47)5)28-55(9,10)73-46/h11-17,19-24,31,41-45H,18,25-30H2,1-10H3,(H,58,64)(H,59,65)(H,60,68)(H,61,63)(H,66,67)(H3,56,57,62). The van der Waals surface area contributed by atoms with Crippen LogP contribution in [0.3, 0.4) is 0 Å². The van der Waals surface area contributed by atoms with Gasteiger partial charge in [-0.3, -0.25) is 19.4 Å². The van der Waals surface area contributed by atoms with Gasteiger partial charge in [0, 0.05) is 30.9 Å². The lowest BCUT2D eigenvalue weighted by molar-refractivity contribution is -0.143. The molecule has 1 aliphatic heterocycles. The van der Waals surface area contributed by atoms with Crippen molar-refractivity contribution in [1.82, 2.24) is 26.0 Å². The summed E-state index contributed by atoms with van der Waals surface area (Å²) in [5.41, 5.74) is 12.2. The van der Waals surface area contributed by atoms with E-state index in [0.717, 1.165) is 27.8 Å². The van der Waals surface area contributed by atoms with Gasteiger partial charge in [0.2, 0.25) is 23.7 Å². The van der Waals surface area contributed by atoms with Gasteiger partial charge in [0.1, 0.15) is 42.1 Å². The molecule has 2 aliphatic rings. The Labute approximate surface area is 434 Å². The summed E-state index contributed by atoms with van der Waals surface area (Å²) >= 11 is 0. The van der Waals surface area contributed by atoms with Crippen molar-refractivity contribution in [2.45, 2.75) is 141 Å². The number of nitrogens with zero attached hydrogens (tertiary/aromatic N) is 1. The van der Waals surface area contributed by atoms with Crippen molar-refractivity contribution in [3.05, 3.63) is 118 Å². The average molecular weight is 1040 g/mol. The Hall–Kier alpha value is -6.99. The van der Waals surface area contributed by atoms with Gasteiger partial charge in [-0.15, -0.1) is 0 Å². The summed E-state index contributed by atoms with van der Waals surface area (Å²) in [4.78, 5) is 72.7. The minimum absolute atomic E-state index is 0.0257. The molecule has 1 aliphatic carbocycles. The van der Waals surface area contributed by atoms with E-state index in [2.05, 4.69) is 31.0 Å². The maximum atomic E-state index is 14.3. The van der Waals surface area contributed by atoms with Gasteiger partial charge in [0.15, 0.2) is 0 Å². The summed E-state index contributed by atoms with van der Waals surface area (Å²) in [5, 5.41) is 20.6. The molecule has 398 valence electrons. The van der Waals surface area contributed by atoms with E-state index in [0.29, 0.717) is 34.4 Å². The number of sulfonamides is 1. The van der Waals surface area contributed by atoms with Crippen LogP contribution in [-0.4, -0.2) is 104 Å². The molecule has 4 unspecified atom stereocenters. The molecule has 0 radical (unpaired) electrons. The number of nitrogens with one attached hydrogen (secondary N) is 5. The minimum atomic E-state index is -4.21. The summed E-state index contributed by atoms with van der Waals surface area (Å²) in [6, 6.07) is 19.1. The topological polar surface area (TPSA) is 266 Å². The monoisotopic (exact) mass is 1040 g/mol. The van der Waals surface area contributed by atoms with E-state index in [1.54, 1.807) is 78.8 Å². The van der Waals surface area contributed by atoms with E-state index in [-0.39, 0.29) is 55.8 Å². The molecule has 0 fully saturated rings. The van der Waals surface area contributed by atoms with E-state index in [1.807, 2.05) is 69.3 Å². The molecule has 6 rings (SSSR count). The van der Waals surface area contributed by atoms with Crippen LogP contribution in [0.15, 0.2) is 88.8 Å². The minimum Gasteiger partial charge on any atom is -0.487 e. The van der Waals surface area contributed by atoms with Crippen molar-refractivity contribution in [2.24, 2.45) is 16.6 Å². The smallest absolute Gasteiger partial charge is 0.407 e. The van der Waals surface area contributed by atoms with Gasteiger partial charge < -0.3 is 46.3 Å². The number of fused-ring (bicyclic) bond motifs is 4. The summed E-state index contributed by atoms with van der Waals surface area (Å²) in [6.45, 7) is 17.3. The number of alkyl carbamates (subject to hydrolysis) is 1. The molecule has 0 spiro atoms. The number of benzene rings is 4. The third-order valence-electron chi connectivity index (χ3n) is 13.1. The molecule has 18 nitrogen and oxygen atoms in total. The molecule has 4 atom stereocenters. The Kier molecular flexibility index (Phi) is 17.9. The number of hydrogen-bond donors (Lipinski definition) is 7. The molecular formula is C55H71N7O11S. The first-order chi connectivity index (χ1) is 34.8. The SMILES string of the molecule is Cc1c(C)c(S(=O)(=O)NC(N)=NCCCC(NC(=O)OCC2c3ccccc3-c3ccccc32)C(=O)NC(C(=O)NC(COC(C)(C)C)C(=O)NC(Cc2ccccc2)C(=O)O)C(C)C)c(C)c2c1OC(C)(C)C2. The van der Waals surface area contributed by atoms with Crippen LogP contribution in [-0.2, 0) is 51.5 Å². The molecule has 0 saturated heterocycles. The highest BCUT2D eigenvalue weighted by Crippen LogP contribution is 2.45. The fourth-order valence-electron chi connectivity index (χ4n) is 9.30. The first-order valence-electron chi connectivity index (χ1n) is 24.8. The number of carbonyl (C=O) groups excluding carboxylic acids is 4. The van der Waals surface area contributed by atoms with Crippen LogP contribution in [0.4, 0.5) is 4.79 Å². The predicted octanol–water partition coefficient (Wildman–Crippen LogP) is 5.86. The Balaban J connectivity index is 1.18. The Morgan fingerprint density at radius 2 is 1.38 bits per heavy atom. The van der Waals surface area contributed by atoms with Crippen LogP contribution < -0.4 is 36.5 Å². The van der Waals surface area contributed by atoms with Gasteiger partial charge in [-0.25, -0.2) is 22.7 Å². The zero-order valence-electron chi connectivity index (χ0n) is 43.9. The first kappa shape index (κ1) is 56.3. The molecule has 4 amide bonds. The molecule has 19 heteroatoms. The van der Waals surface area contributed by atoms with E-state index < -0.39 is 81.1 Å². The van der Waals surface area contributed by atoms with Crippen LogP contribution in [0.2, 0.25) is 0 Å². The quantitative estimate of drug-likeness (QED) is 0.0294. The van der Waals surface area contributed by atoms with Crippen LogP contribution in [0, 0.1) is 26.7 Å². The van der Waals surface area contributed by atoms with E-state index in [1.165, 1.54) is 0 Å². The second-order valence-corrected chi connectivity index (χ2v) is 22.5. The third-order valence-corrected chi connectivity index (χ3v) is 14.8. The first-order valence-corrected chi connectivity index (χ1v) is 26.3. The maximum absolute atomic E-state index is 14.3. The molecule has 4 aromatic carbocycles. The second kappa shape index (κ2) is 23.5. The second-order valence-electron chi connectivity index (χ2n) is 20.9. The van der Waals surface area contributed by atoms with Crippen molar-refractivity contribution >= 4 is 45.8 Å². The Morgan fingerprint density at radius 1 is 0.797 bits per heavy atom. The van der Waals surface area contributed by atoms with Crippen molar-refractivity contribution in [1.29, 1.82) is 0 Å². The van der Waals surface area contributed by atoms with E-state index in [9.17, 15) is 37.5 Å². The number of aliphatic imine (C=N–C) groups is 1. The van der Waals surface area contributed by atoms with E-state index >= 15 is 0 Å². The van der Waals surface area contributed by atoms with Crippen molar-refractivity contribution < 1.29 is 51.7 Å². The summed E-state index contributed by atoms with van der Waals surface area (Å²) in [5.74, 6) is -4.19. The van der Waals surface area contributed by atoms with Gasteiger partial charge in [0.25, 0.3) is 10.0 Å². The fraction of sp³-hybridized carbons (Fsp3) is 0.455. The van der Waals surface area contributed by atoms with E-state index in [4.69, 9.17) is 19.9 Å². The number of guanidine groups is 1. The van der Waals surface area contributed by atoms with Gasteiger partial charge >= 0.3 is 12.1 Å². The van der Waals surface area contributed by atoms with Crippen molar-refractivity contribution in [3.8, 4) is 16.9 Å². The molecule has 8 N–H and O–H groups in total. The number of rotatable bonds is 21. The number of carbonyl (C=O) groups is 5. The number of amides is 4. The lowest BCUT2D eigenvalue weighted by Crippen LogP contribution is -2.60. The zero-order valence-corrected chi connectivity index (χ0v) is 44.7. The largest absolute Gasteiger partial charge is 0.487 e. The van der Waals surface area contributed by atoms with Gasteiger partial charge in [-0.2, -0.15) is 0 Å². The zero-order chi connectivity index (χ0) is 54.3. The molecule has 0 bridgehead atoms. The van der Waals surface area contributed by atoms with Gasteiger partial charge in [0.05, 0.1) is 17.1 Å². The van der Waals surface area contributed by atoms with Crippen LogP contribution in [0.25, 0.3) is 11.1 Å². The fourth-order valence-corrected chi connectivity index (χ4v) is 10.8. The summed E-state index contributed by atoms with van der Waals surface area (Å²) in [7, 11) is -4.21. The number of ether oxygens (including phenoxy) is 3. The van der Waals surface area contributed by atoms with Crippen LogP contribution in [0.5, 0.6) is 5.75 Å². The summed E-state index contributed by atoms with van der Waals surface area (Å²) in [6.07, 6.45) is -0.367. The molecular weight excluding hydrogens is 967 g/mol. The number of carboxylic acids is 1. The Morgan fingerprint density at radius 3 is 1.97 bits per heavy atom. The van der Waals surface area contributed by atoms with Crippen molar-refractivity contribution in [3.63, 3.8) is 0 Å². The normalized spacial score (nSPS) is 15.6. The number of nitrogens with two attached hydrogens (primary N) is 1. The van der Waals surface area contributed by atoms with Crippen LogP contribution >= 0.6 is 0 Å². The number of aliphatic carboxylic acids is 1. The molecule has 0 aromatic heterocycles. The average Bonchev–Trinajstić information content (AvgIpc) is 3.84. The van der Waals surface area contributed by atoms with Gasteiger partial charge in [-0.05, 0) is 119 Å². The van der Waals surface area contributed by atoms with Gasteiger partial charge in [-0.1, -0.05) is 92.7 Å². The highest BCUT2D eigenvalue weighted by atomic mass is 32.2. The highest BCUT2D eigenvalue weighted by Gasteiger charge is 2.38. The lowest BCUT2D eigenvalue weighted by atomic mass is 9.94. The highest BCUT2D eigenvalue weighted by molar-refractivity contribution is 7.90. The third kappa shape index (κ3) is 14.0. The summed E-state index contributed by atoms with van der Waals surface area (Å²) < 4.78 is 48.0. The molecule has 74 heavy (non-hydrogen) atoms.